The smallest absolute Gasteiger partial charge is 0.462 e. The second kappa shape index (κ2) is 44.4. The van der Waals surface area contributed by atoms with Gasteiger partial charge in [0.2, 0.25) is 0 Å². The Hall–Kier alpha value is -1.77. The Balaban J connectivity index is 4.24. The second-order valence-electron chi connectivity index (χ2n) is 18.5. The fourth-order valence-electron chi connectivity index (χ4n) is 7.10. The normalized spacial score (nSPS) is 13.7. The second-order valence-corrected chi connectivity index (χ2v) is 20.0. The lowest BCUT2D eigenvalue weighted by atomic mass is 10.1. The van der Waals surface area contributed by atoms with Gasteiger partial charge in [0, 0.05) is 12.8 Å². The summed E-state index contributed by atoms with van der Waals surface area (Å²) in [6.45, 7) is 4.41. The minimum absolute atomic E-state index is 0.0300. The van der Waals surface area contributed by atoms with Crippen LogP contribution in [0.2, 0.25) is 0 Å². The van der Waals surface area contributed by atoms with Crippen LogP contribution >= 0.6 is 7.82 Å². The van der Waals surface area contributed by atoms with Crippen molar-refractivity contribution in [3.63, 3.8) is 0 Å². The van der Waals surface area contributed by atoms with E-state index >= 15 is 0 Å². The molecule has 0 aromatic carbocycles. The fraction of sp³-hybridized carbons (Fsp3) is 0.846. The van der Waals surface area contributed by atoms with E-state index in [0.29, 0.717) is 17.4 Å². The number of allylic oxidation sites excluding steroid dienone is 6. The molecular formula is C52H99NO8P+. The topological polar surface area (TPSA) is 108 Å². The molecular weight excluding hydrogens is 798 g/mol. The van der Waals surface area contributed by atoms with Crippen LogP contribution in [0.1, 0.15) is 232 Å². The van der Waals surface area contributed by atoms with Gasteiger partial charge in [-0.3, -0.25) is 18.6 Å². The zero-order chi connectivity index (χ0) is 45.7. The van der Waals surface area contributed by atoms with Crippen molar-refractivity contribution in [2.24, 2.45) is 0 Å². The first-order valence-corrected chi connectivity index (χ1v) is 27.2. The molecule has 1 N–H and O–H groups in total. The van der Waals surface area contributed by atoms with Gasteiger partial charge < -0.3 is 18.9 Å². The van der Waals surface area contributed by atoms with Crippen LogP contribution in [-0.4, -0.2) is 74.9 Å². The van der Waals surface area contributed by atoms with Gasteiger partial charge in [-0.05, 0) is 70.6 Å². The van der Waals surface area contributed by atoms with Crippen LogP contribution in [0.3, 0.4) is 0 Å². The zero-order valence-electron chi connectivity index (χ0n) is 41.1. The van der Waals surface area contributed by atoms with E-state index in [2.05, 4.69) is 50.3 Å². The molecule has 10 heteroatoms. The van der Waals surface area contributed by atoms with Gasteiger partial charge in [-0.1, -0.05) is 185 Å². The van der Waals surface area contributed by atoms with Crippen LogP contribution in [0.5, 0.6) is 0 Å². The molecule has 0 amide bonds. The van der Waals surface area contributed by atoms with Crippen molar-refractivity contribution < 1.29 is 42.1 Å². The van der Waals surface area contributed by atoms with Gasteiger partial charge in [0.1, 0.15) is 19.8 Å². The number of quaternary nitrogens is 1. The number of hydrogen-bond donors (Lipinski definition) is 1. The van der Waals surface area contributed by atoms with Crippen LogP contribution in [0.15, 0.2) is 36.5 Å². The Morgan fingerprint density at radius 1 is 0.500 bits per heavy atom. The third-order valence-electron chi connectivity index (χ3n) is 11.1. The van der Waals surface area contributed by atoms with E-state index in [0.717, 1.165) is 51.4 Å². The van der Waals surface area contributed by atoms with Crippen LogP contribution in [0.25, 0.3) is 0 Å². The Bertz CT molecular complexity index is 1150. The average Bonchev–Trinajstić information content (AvgIpc) is 3.23. The standard InChI is InChI=1S/C52H98NO8P/c1-6-8-10-12-14-16-18-20-22-24-25-26-27-29-30-32-34-36-38-40-42-44-51(54)58-48-50(49-60-62(56,57)59-47-46-53(3,4)5)61-52(55)45-43-41-39-37-35-33-31-28-23-21-19-17-15-13-11-9-7-2/h15,17,21,23-25,50H,6-14,16,18-20,22,26-49H2,1-5H3/p+1/b17-15-,23-21-,25-24-. The van der Waals surface area contributed by atoms with Crippen molar-refractivity contribution in [2.45, 2.75) is 238 Å². The minimum Gasteiger partial charge on any atom is -0.462 e. The maximum absolute atomic E-state index is 12.7. The highest BCUT2D eigenvalue weighted by Crippen LogP contribution is 2.43. The number of esters is 2. The molecule has 0 aliphatic rings. The summed E-state index contributed by atoms with van der Waals surface area (Å²) in [7, 11) is 1.47. The highest BCUT2D eigenvalue weighted by Gasteiger charge is 2.27. The highest BCUT2D eigenvalue weighted by atomic mass is 31.2. The molecule has 2 atom stereocenters. The molecule has 0 aliphatic carbocycles. The molecule has 0 bridgehead atoms. The van der Waals surface area contributed by atoms with E-state index in [-0.39, 0.29) is 32.0 Å². The van der Waals surface area contributed by atoms with Crippen molar-refractivity contribution in [1.82, 2.24) is 0 Å². The summed E-state index contributed by atoms with van der Waals surface area (Å²) in [5.41, 5.74) is 0. The number of likely N-dealkylation sites (N-methyl/N-ethyl adjacent to an activating group) is 1. The van der Waals surface area contributed by atoms with Crippen LogP contribution in [0.4, 0.5) is 0 Å². The lowest BCUT2D eigenvalue weighted by Gasteiger charge is -2.24. The van der Waals surface area contributed by atoms with Gasteiger partial charge in [-0.25, -0.2) is 4.57 Å². The van der Waals surface area contributed by atoms with Gasteiger partial charge in [-0.15, -0.1) is 0 Å². The minimum atomic E-state index is -4.38. The van der Waals surface area contributed by atoms with Crippen molar-refractivity contribution in [3.05, 3.63) is 36.5 Å². The van der Waals surface area contributed by atoms with Crippen LogP contribution in [-0.2, 0) is 32.7 Å². The lowest BCUT2D eigenvalue weighted by Crippen LogP contribution is -2.37. The van der Waals surface area contributed by atoms with E-state index in [1.807, 2.05) is 21.1 Å². The van der Waals surface area contributed by atoms with Crippen LogP contribution < -0.4 is 0 Å². The molecule has 364 valence electrons. The summed E-state index contributed by atoms with van der Waals surface area (Å²) in [6, 6.07) is 0. The summed E-state index contributed by atoms with van der Waals surface area (Å²) < 4.78 is 34.4. The van der Waals surface area contributed by atoms with E-state index in [9.17, 15) is 19.0 Å². The van der Waals surface area contributed by atoms with E-state index in [1.54, 1.807) is 0 Å². The first kappa shape index (κ1) is 60.2. The Kier molecular flexibility index (Phi) is 43.2. The van der Waals surface area contributed by atoms with Crippen molar-refractivity contribution in [3.8, 4) is 0 Å². The van der Waals surface area contributed by atoms with E-state index in [4.69, 9.17) is 18.5 Å². The molecule has 0 fully saturated rings. The molecule has 0 heterocycles. The predicted octanol–water partition coefficient (Wildman–Crippen LogP) is 15.3. The maximum Gasteiger partial charge on any atom is 0.472 e. The summed E-state index contributed by atoms with van der Waals surface area (Å²) >= 11 is 0. The molecule has 0 saturated carbocycles. The maximum atomic E-state index is 12.7. The van der Waals surface area contributed by atoms with Crippen LogP contribution in [0, 0.1) is 0 Å². The summed E-state index contributed by atoms with van der Waals surface area (Å²) in [4.78, 5) is 35.5. The summed E-state index contributed by atoms with van der Waals surface area (Å²) in [5.74, 6) is -0.803. The third-order valence-corrected chi connectivity index (χ3v) is 12.1. The fourth-order valence-corrected chi connectivity index (χ4v) is 7.84. The zero-order valence-corrected chi connectivity index (χ0v) is 42.0. The van der Waals surface area contributed by atoms with Gasteiger partial charge in [0.05, 0.1) is 27.7 Å². The van der Waals surface area contributed by atoms with Crippen molar-refractivity contribution >= 4 is 19.8 Å². The van der Waals surface area contributed by atoms with Gasteiger partial charge in [0.15, 0.2) is 6.10 Å². The number of phosphoric ester groups is 1. The van der Waals surface area contributed by atoms with E-state index < -0.39 is 26.5 Å². The molecule has 0 aromatic heterocycles. The molecule has 0 spiro atoms. The Morgan fingerprint density at radius 3 is 1.32 bits per heavy atom. The first-order valence-electron chi connectivity index (χ1n) is 25.7. The van der Waals surface area contributed by atoms with E-state index in [1.165, 1.54) is 148 Å². The number of nitrogens with zero attached hydrogens (tertiary/aromatic N) is 1. The molecule has 0 aromatic rings. The number of unbranched alkanes of at least 4 members (excludes halogenated alkanes) is 27. The predicted molar refractivity (Wildman–Crippen MR) is 261 cm³/mol. The third kappa shape index (κ3) is 47.7. The molecule has 0 aliphatic heterocycles. The number of ether oxygens (including phenoxy) is 2. The SMILES string of the molecule is CCCCC/C=C\C/C=C\CCCCCCCCCC(=O)OC(COC(=O)CCCCCCCCCCC/C=C\CCCCCCCCCC)COP(=O)(O)OCC[N+](C)(C)C. The molecule has 0 rings (SSSR count). The van der Waals surface area contributed by atoms with Gasteiger partial charge in [0.25, 0.3) is 0 Å². The van der Waals surface area contributed by atoms with Crippen molar-refractivity contribution in [1.29, 1.82) is 0 Å². The number of hydrogen-bond acceptors (Lipinski definition) is 7. The van der Waals surface area contributed by atoms with Gasteiger partial charge >= 0.3 is 19.8 Å². The number of rotatable bonds is 47. The average molecular weight is 897 g/mol. The molecule has 2 unspecified atom stereocenters. The van der Waals surface area contributed by atoms with Crippen molar-refractivity contribution in [2.75, 3.05) is 47.5 Å². The molecule has 0 radical (unpaired) electrons. The van der Waals surface area contributed by atoms with Gasteiger partial charge in [-0.2, -0.15) is 0 Å². The summed E-state index contributed by atoms with van der Waals surface area (Å²) in [6.07, 6.45) is 51.9. The first-order chi connectivity index (χ1) is 30.0. The number of phosphoric acid groups is 1. The Morgan fingerprint density at radius 2 is 0.871 bits per heavy atom. The highest BCUT2D eigenvalue weighted by molar-refractivity contribution is 7.47. The number of carbonyl (C=O) groups is 2. The Labute approximate surface area is 382 Å². The number of carbonyl (C=O) groups excluding carboxylic acids is 2. The molecule has 9 nitrogen and oxygen atoms in total. The quantitative estimate of drug-likeness (QED) is 0.0212. The lowest BCUT2D eigenvalue weighted by molar-refractivity contribution is -0.870. The monoisotopic (exact) mass is 897 g/mol. The molecule has 0 saturated heterocycles. The summed E-state index contributed by atoms with van der Waals surface area (Å²) in [5, 5.41) is 0. The molecule has 62 heavy (non-hydrogen) atoms. The largest absolute Gasteiger partial charge is 0.472 e.